The minimum atomic E-state index is -0.300. The highest BCUT2D eigenvalue weighted by molar-refractivity contribution is 5.62. The van der Waals surface area contributed by atoms with Crippen LogP contribution in [0.15, 0.2) is 60.7 Å². The number of hydrogen-bond donors (Lipinski definition) is 0. The molecule has 23 heavy (non-hydrogen) atoms. The van der Waals surface area contributed by atoms with Gasteiger partial charge in [-0.15, -0.1) is 0 Å². The summed E-state index contributed by atoms with van der Waals surface area (Å²) in [7, 11) is 0. The van der Waals surface area contributed by atoms with Crippen LogP contribution in [0.3, 0.4) is 0 Å². The number of benzene rings is 2. The van der Waals surface area contributed by atoms with Crippen molar-refractivity contribution in [2.45, 2.75) is 6.92 Å². The first-order valence-electron chi connectivity index (χ1n) is 7.07. The van der Waals surface area contributed by atoms with E-state index in [9.17, 15) is 4.39 Å². The molecule has 0 aliphatic rings. The average Bonchev–Trinajstić information content (AvgIpc) is 2.57. The molecule has 0 saturated carbocycles. The van der Waals surface area contributed by atoms with E-state index in [4.69, 9.17) is 10.00 Å². The van der Waals surface area contributed by atoms with Crippen LogP contribution in [0.5, 0.6) is 11.5 Å². The van der Waals surface area contributed by atoms with Crippen molar-refractivity contribution in [2.75, 3.05) is 0 Å². The zero-order valence-electron chi connectivity index (χ0n) is 12.5. The summed E-state index contributed by atoms with van der Waals surface area (Å²) in [5, 5.41) is 9.04. The number of rotatable bonds is 3. The van der Waals surface area contributed by atoms with E-state index in [1.54, 1.807) is 24.3 Å². The normalized spacial score (nSPS) is 10.1. The van der Waals surface area contributed by atoms with Crippen molar-refractivity contribution in [1.29, 1.82) is 5.26 Å². The zero-order valence-corrected chi connectivity index (χ0v) is 12.5. The van der Waals surface area contributed by atoms with E-state index in [0.29, 0.717) is 17.1 Å². The predicted octanol–water partition coefficient (Wildman–Crippen LogP) is 4.86. The summed E-state index contributed by atoms with van der Waals surface area (Å²) in [5.41, 5.74) is 3.02. The molecule has 0 bridgehead atoms. The van der Waals surface area contributed by atoms with Crippen molar-refractivity contribution in [3.63, 3.8) is 0 Å². The van der Waals surface area contributed by atoms with E-state index in [2.05, 4.69) is 11.1 Å². The summed E-state index contributed by atoms with van der Waals surface area (Å²) in [4.78, 5) is 4.44. The summed E-state index contributed by atoms with van der Waals surface area (Å²) in [5.74, 6) is 0.916. The van der Waals surface area contributed by atoms with Gasteiger partial charge in [0.05, 0.1) is 17.3 Å². The Bertz CT molecular complexity index is 865. The van der Waals surface area contributed by atoms with Crippen LogP contribution in [0.1, 0.15) is 11.3 Å². The molecule has 0 amide bonds. The Kier molecular flexibility index (Phi) is 4.03. The van der Waals surface area contributed by atoms with Crippen LogP contribution < -0.4 is 4.74 Å². The third-order valence-corrected chi connectivity index (χ3v) is 3.28. The van der Waals surface area contributed by atoms with E-state index in [1.807, 2.05) is 31.2 Å². The highest BCUT2D eigenvalue weighted by Crippen LogP contribution is 2.25. The zero-order chi connectivity index (χ0) is 16.2. The number of nitrogens with zero attached hydrogens (tertiary/aromatic N) is 2. The lowest BCUT2D eigenvalue weighted by Gasteiger charge is -2.07. The van der Waals surface area contributed by atoms with Crippen molar-refractivity contribution in [3.05, 3.63) is 77.7 Å². The second-order valence-electron chi connectivity index (χ2n) is 5.07. The fraction of sp³-hybridized carbons (Fsp3) is 0.0526. The standard InChI is InChI=1S/C19H13FN2O/c1-13-10-14(12-21)11-19(22-13)15-2-6-17(7-3-15)23-18-8-4-16(20)5-9-18/h2-11H,1H3. The number of aromatic nitrogens is 1. The van der Waals surface area contributed by atoms with Crippen molar-refractivity contribution in [3.8, 4) is 28.8 Å². The van der Waals surface area contributed by atoms with Crippen molar-refractivity contribution < 1.29 is 9.13 Å². The van der Waals surface area contributed by atoms with Gasteiger partial charge in [0.2, 0.25) is 0 Å². The number of pyridine rings is 1. The van der Waals surface area contributed by atoms with Crippen LogP contribution in [0.4, 0.5) is 4.39 Å². The molecule has 0 atom stereocenters. The second kappa shape index (κ2) is 6.29. The third-order valence-electron chi connectivity index (χ3n) is 3.28. The van der Waals surface area contributed by atoms with Gasteiger partial charge < -0.3 is 4.74 Å². The topological polar surface area (TPSA) is 45.9 Å². The first-order valence-corrected chi connectivity index (χ1v) is 7.07. The molecule has 0 aliphatic heterocycles. The molecule has 0 aliphatic carbocycles. The van der Waals surface area contributed by atoms with Gasteiger partial charge in [-0.05, 0) is 67.6 Å². The quantitative estimate of drug-likeness (QED) is 0.694. The Labute approximate surface area is 133 Å². The molecular formula is C19H13FN2O. The Morgan fingerprint density at radius 3 is 2.17 bits per heavy atom. The Morgan fingerprint density at radius 2 is 1.57 bits per heavy atom. The largest absolute Gasteiger partial charge is 0.457 e. The molecule has 0 unspecified atom stereocenters. The monoisotopic (exact) mass is 304 g/mol. The van der Waals surface area contributed by atoms with Crippen LogP contribution in [-0.4, -0.2) is 4.98 Å². The Balaban J connectivity index is 1.83. The van der Waals surface area contributed by atoms with Gasteiger partial charge >= 0.3 is 0 Å². The molecule has 0 spiro atoms. The first kappa shape index (κ1) is 14.7. The number of hydrogen-bond acceptors (Lipinski definition) is 3. The predicted molar refractivity (Wildman–Crippen MR) is 85.6 cm³/mol. The van der Waals surface area contributed by atoms with E-state index in [-0.39, 0.29) is 5.82 Å². The smallest absolute Gasteiger partial charge is 0.127 e. The van der Waals surface area contributed by atoms with Crippen LogP contribution in [0.2, 0.25) is 0 Å². The minimum Gasteiger partial charge on any atom is -0.457 e. The molecule has 3 aromatic rings. The lowest BCUT2D eigenvalue weighted by Crippen LogP contribution is -1.90. The number of halogens is 1. The maximum absolute atomic E-state index is 12.9. The summed E-state index contributed by atoms with van der Waals surface area (Å²) >= 11 is 0. The van der Waals surface area contributed by atoms with E-state index < -0.39 is 0 Å². The average molecular weight is 304 g/mol. The summed E-state index contributed by atoms with van der Waals surface area (Å²) in [6, 6.07) is 18.9. The number of nitriles is 1. The van der Waals surface area contributed by atoms with E-state index in [1.165, 1.54) is 12.1 Å². The Hall–Kier alpha value is -3.19. The van der Waals surface area contributed by atoms with Gasteiger partial charge in [0, 0.05) is 11.3 Å². The summed E-state index contributed by atoms with van der Waals surface area (Å²) in [6.07, 6.45) is 0. The molecule has 0 N–H and O–H groups in total. The van der Waals surface area contributed by atoms with Gasteiger partial charge in [0.25, 0.3) is 0 Å². The fourth-order valence-electron chi connectivity index (χ4n) is 2.21. The molecule has 1 aromatic heterocycles. The van der Waals surface area contributed by atoms with E-state index >= 15 is 0 Å². The van der Waals surface area contributed by atoms with Gasteiger partial charge in [0.1, 0.15) is 17.3 Å². The molecule has 4 heteroatoms. The fourth-order valence-corrected chi connectivity index (χ4v) is 2.21. The van der Waals surface area contributed by atoms with Crippen LogP contribution in [0.25, 0.3) is 11.3 Å². The van der Waals surface area contributed by atoms with Gasteiger partial charge in [-0.1, -0.05) is 0 Å². The first-order chi connectivity index (χ1) is 11.1. The summed E-state index contributed by atoms with van der Waals surface area (Å²) < 4.78 is 18.5. The van der Waals surface area contributed by atoms with Crippen LogP contribution in [-0.2, 0) is 0 Å². The molecule has 0 fully saturated rings. The maximum atomic E-state index is 12.9. The van der Waals surface area contributed by atoms with Crippen molar-refractivity contribution in [1.82, 2.24) is 4.98 Å². The number of ether oxygens (including phenoxy) is 1. The lowest BCUT2D eigenvalue weighted by molar-refractivity contribution is 0.480. The number of aryl methyl sites for hydroxylation is 1. The highest BCUT2D eigenvalue weighted by atomic mass is 19.1. The lowest BCUT2D eigenvalue weighted by atomic mass is 10.1. The molecule has 112 valence electrons. The third kappa shape index (κ3) is 3.53. The van der Waals surface area contributed by atoms with E-state index in [0.717, 1.165) is 17.0 Å². The van der Waals surface area contributed by atoms with Gasteiger partial charge in [0.15, 0.2) is 0 Å². The van der Waals surface area contributed by atoms with Crippen molar-refractivity contribution >= 4 is 0 Å². The highest BCUT2D eigenvalue weighted by Gasteiger charge is 2.04. The molecule has 0 saturated heterocycles. The van der Waals surface area contributed by atoms with Crippen LogP contribution >= 0.6 is 0 Å². The van der Waals surface area contributed by atoms with Crippen LogP contribution in [0, 0.1) is 24.1 Å². The molecule has 0 radical (unpaired) electrons. The second-order valence-corrected chi connectivity index (χ2v) is 5.07. The molecule has 2 aromatic carbocycles. The van der Waals surface area contributed by atoms with Crippen molar-refractivity contribution in [2.24, 2.45) is 0 Å². The Morgan fingerprint density at radius 1 is 0.957 bits per heavy atom. The molecular weight excluding hydrogens is 291 g/mol. The summed E-state index contributed by atoms with van der Waals surface area (Å²) in [6.45, 7) is 1.86. The van der Waals surface area contributed by atoms with Gasteiger partial charge in [-0.25, -0.2) is 4.39 Å². The SMILES string of the molecule is Cc1cc(C#N)cc(-c2ccc(Oc3ccc(F)cc3)cc2)n1. The molecule has 1 heterocycles. The maximum Gasteiger partial charge on any atom is 0.127 e. The van der Waals surface area contributed by atoms with Gasteiger partial charge in [-0.2, -0.15) is 5.26 Å². The van der Waals surface area contributed by atoms with Gasteiger partial charge in [-0.3, -0.25) is 4.98 Å². The minimum absolute atomic E-state index is 0.300. The molecule has 3 nitrogen and oxygen atoms in total. The molecule has 3 rings (SSSR count).